The Morgan fingerprint density at radius 3 is 2.29 bits per heavy atom. The lowest BCUT2D eigenvalue weighted by atomic mass is 10.7. The molecule has 0 fully saturated rings. The molecule has 0 unspecified atom stereocenters. The number of hydrogen-bond acceptors (Lipinski definition) is 7. The van der Waals surface area contributed by atoms with E-state index in [1.807, 2.05) is 20.9 Å². The normalized spacial score (nSPS) is 8.50. The van der Waals surface area contributed by atoms with E-state index in [9.17, 15) is 0 Å². The fourth-order valence-electron chi connectivity index (χ4n) is 0.692. The first kappa shape index (κ1) is 12.1. The Balaban J connectivity index is 0.000000791. The van der Waals surface area contributed by atoms with Gasteiger partial charge in [-0.1, -0.05) is 0 Å². The Labute approximate surface area is 82.4 Å². The van der Waals surface area contributed by atoms with Gasteiger partial charge in [-0.15, -0.1) is 0 Å². The molecular weight excluding hydrogens is 184 g/mol. The Kier molecular flexibility index (Phi) is 4.90. The highest BCUT2D eigenvalue weighted by Gasteiger charge is 2.03. The zero-order valence-electron chi connectivity index (χ0n) is 8.48. The molecule has 0 aliphatic rings. The maximum Gasteiger partial charge on any atom is 0.231 e. The number of nitrogens with zero attached hydrogens (tertiary/aromatic N) is 4. The minimum atomic E-state index is 0.220. The smallest absolute Gasteiger partial charge is 0.231 e. The van der Waals surface area contributed by atoms with Crippen LogP contribution in [0.25, 0.3) is 0 Å². The first-order valence-corrected chi connectivity index (χ1v) is 3.79. The van der Waals surface area contributed by atoms with Crippen molar-refractivity contribution in [1.82, 2.24) is 15.0 Å². The van der Waals surface area contributed by atoms with Crippen LogP contribution in [0.3, 0.4) is 0 Å². The molecule has 1 heterocycles. The van der Waals surface area contributed by atoms with Crippen LogP contribution in [-0.2, 0) is 4.79 Å². The minimum absolute atomic E-state index is 0.220. The SMILES string of the molecule is C=O.CNc1nc(N)nc(N(C)C)n1. The molecule has 7 nitrogen and oxygen atoms in total. The average molecular weight is 198 g/mol. The molecule has 3 N–H and O–H groups in total. The molecule has 0 atom stereocenters. The van der Waals surface area contributed by atoms with Gasteiger partial charge in [0.25, 0.3) is 0 Å². The molecule has 0 radical (unpaired) electrons. The predicted octanol–water partition coefficient (Wildman–Crippen LogP) is -0.623. The number of carbonyl (C=O) groups is 1. The van der Waals surface area contributed by atoms with E-state index in [0.29, 0.717) is 11.9 Å². The van der Waals surface area contributed by atoms with E-state index in [1.54, 1.807) is 11.9 Å². The molecule has 1 aromatic rings. The van der Waals surface area contributed by atoms with E-state index < -0.39 is 0 Å². The molecule has 0 aliphatic heterocycles. The number of carbonyl (C=O) groups excluding carboxylic acids is 1. The van der Waals surface area contributed by atoms with Crippen LogP contribution in [0.4, 0.5) is 17.8 Å². The van der Waals surface area contributed by atoms with Crippen LogP contribution in [0, 0.1) is 0 Å². The maximum atomic E-state index is 8.00. The molecule has 1 rings (SSSR count). The van der Waals surface area contributed by atoms with Crippen LogP contribution in [0.1, 0.15) is 0 Å². The molecule has 1 aromatic heterocycles. The number of nitrogen functional groups attached to an aromatic ring is 1. The van der Waals surface area contributed by atoms with Gasteiger partial charge in [-0.3, -0.25) is 0 Å². The first-order valence-electron chi connectivity index (χ1n) is 3.79. The van der Waals surface area contributed by atoms with Crippen LogP contribution < -0.4 is 16.0 Å². The zero-order valence-corrected chi connectivity index (χ0v) is 8.48. The number of rotatable bonds is 2. The third kappa shape index (κ3) is 3.21. The van der Waals surface area contributed by atoms with E-state index in [2.05, 4.69) is 20.3 Å². The van der Waals surface area contributed by atoms with Crippen LogP contribution >= 0.6 is 0 Å². The fourth-order valence-corrected chi connectivity index (χ4v) is 0.692. The van der Waals surface area contributed by atoms with E-state index >= 15 is 0 Å². The van der Waals surface area contributed by atoms with Gasteiger partial charge < -0.3 is 20.7 Å². The molecule has 7 heteroatoms. The Bertz CT molecular complexity index is 290. The summed E-state index contributed by atoms with van der Waals surface area (Å²) in [6.07, 6.45) is 0. The number of nitrogens with two attached hydrogens (primary N) is 1. The molecule has 78 valence electrons. The molecule has 0 aliphatic carbocycles. The van der Waals surface area contributed by atoms with Crippen molar-refractivity contribution in [2.45, 2.75) is 0 Å². The monoisotopic (exact) mass is 198 g/mol. The fraction of sp³-hybridized carbons (Fsp3) is 0.429. The summed E-state index contributed by atoms with van der Waals surface area (Å²) in [6, 6.07) is 0. The van der Waals surface area contributed by atoms with Crippen molar-refractivity contribution in [1.29, 1.82) is 0 Å². The average Bonchev–Trinajstić information content (AvgIpc) is 2.20. The summed E-state index contributed by atoms with van der Waals surface area (Å²) in [4.78, 5) is 21.6. The van der Waals surface area contributed by atoms with Gasteiger partial charge in [0.05, 0.1) is 0 Å². The zero-order chi connectivity index (χ0) is 11.1. The van der Waals surface area contributed by atoms with Crippen molar-refractivity contribution >= 4 is 24.6 Å². The van der Waals surface area contributed by atoms with E-state index in [-0.39, 0.29) is 5.95 Å². The summed E-state index contributed by atoms with van der Waals surface area (Å²) in [5.74, 6) is 1.25. The number of nitrogens with one attached hydrogen (secondary N) is 1. The van der Waals surface area contributed by atoms with Gasteiger partial charge in [0.15, 0.2) is 0 Å². The van der Waals surface area contributed by atoms with E-state index in [1.165, 1.54) is 0 Å². The molecule has 0 saturated heterocycles. The third-order valence-corrected chi connectivity index (χ3v) is 1.26. The van der Waals surface area contributed by atoms with Crippen molar-refractivity contribution in [3.05, 3.63) is 0 Å². The highest BCUT2D eigenvalue weighted by atomic mass is 16.1. The molecule has 0 aromatic carbocycles. The summed E-state index contributed by atoms with van der Waals surface area (Å²) < 4.78 is 0. The maximum absolute atomic E-state index is 8.00. The molecule has 0 amide bonds. The Morgan fingerprint density at radius 2 is 1.86 bits per heavy atom. The van der Waals surface area contributed by atoms with Gasteiger partial charge >= 0.3 is 0 Å². The standard InChI is InChI=1S/C6H12N6.CH2O/c1-8-5-9-4(7)10-6(11-5)12(2)3;1-2/h1-3H3,(H3,7,8,9,10,11);1H2. The summed E-state index contributed by atoms with van der Waals surface area (Å²) in [7, 11) is 5.41. The quantitative estimate of drug-likeness (QED) is 0.653. The van der Waals surface area contributed by atoms with Gasteiger partial charge in [0.1, 0.15) is 6.79 Å². The van der Waals surface area contributed by atoms with E-state index in [0.717, 1.165) is 0 Å². The number of hydrogen-bond donors (Lipinski definition) is 2. The molecular formula is C7H14N6O. The van der Waals surface area contributed by atoms with Crippen molar-refractivity contribution in [3.63, 3.8) is 0 Å². The van der Waals surface area contributed by atoms with Crippen molar-refractivity contribution < 1.29 is 4.79 Å². The molecule has 0 saturated carbocycles. The molecule has 0 spiro atoms. The van der Waals surface area contributed by atoms with Gasteiger partial charge in [0, 0.05) is 21.1 Å². The number of anilines is 3. The van der Waals surface area contributed by atoms with Gasteiger partial charge in [-0.25, -0.2) is 0 Å². The summed E-state index contributed by atoms with van der Waals surface area (Å²) >= 11 is 0. The van der Waals surface area contributed by atoms with Crippen molar-refractivity contribution in [2.24, 2.45) is 0 Å². The van der Waals surface area contributed by atoms with E-state index in [4.69, 9.17) is 10.5 Å². The largest absolute Gasteiger partial charge is 0.368 e. The lowest BCUT2D eigenvalue weighted by Gasteiger charge is -2.10. The molecule has 14 heavy (non-hydrogen) atoms. The summed E-state index contributed by atoms with van der Waals surface area (Å²) in [5, 5.41) is 2.79. The second-order valence-electron chi connectivity index (χ2n) is 2.46. The third-order valence-electron chi connectivity index (χ3n) is 1.26. The highest BCUT2D eigenvalue weighted by Crippen LogP contribution is 2.07. The lowest BCUT2D eigenvalue weighted by molar-refractivity contribution is -0.0979. The van der Waals surface area contributed by atoms with Crippen LogP contribution in [0.2, 0.25) is 0 Å². The van der Waals surface area contributed by atoms with Crippen molar-refractivity contribution in [3.8, 4) is 0 Å². The van der Waals surface area contributed by atoms with Gasteiger partial charge in [-0.2, -0.15) is 15.0 Å². The number of aromatic nitrogens is 3. The highest BCUT2D eigenvalue weighted by molar-refractivity contribution is 5.40. The van der Waals surface area contributed by atoms with Crippen LogP contribution in [0.5, 0.6) is 0 Å². The Hall–Kier alpha value is -1.92. The topological polar surface area (TPSA) is 97.0 Å². The summed E-state index contributed by atoms with van der Waals surface area (Å²) in [5.41, 5.74) is 5.44. The Morgan fingerprint density at radius 1 is 1.29 bits per heavy atom. The first-order chi connectivity index (χ1) is 6.63. The van der Waals surface area contributed by atoms with Crippen molar-refractivity contribution in [2.75, 3.05) is 37.1 Å². The predicted molar refractivity (Wildman–Crippen MR) is 55.2 cm³/mol. The molecule has 0 bridgehead atoms. The van der Waals surface area contributed by atoms with Crippen LogP contribution in [-0.4, -0.2) is 42.9 Å². The van der Waals surface area contributed by atoms with Gasteiger partial charge in [0.2, 0.25) is 17.8 Å². The lowest BCUT2D eigenvalue weighted by Crippen LogP contribution is -2.15. The second kappa shape index (κ2) is 5.68. The van der Waals surface area contributed by atoms with Crippen LogP contribution in [0.15, 0.2) is 0 Å². The summed E-state index contributed by atoms with van der Waals surface area (Å²) in [6.45, 7) is 2.00. The minimum Gasteiger partial charge on any atom is -0.368 e. The second-order valence-corrected chi connectivity index (χ2v) is 2.46. The van der Waals surface area contributed by atoms with Gasteiger partial charge in [-0.05, 0) is 0 Å².